The van der Waals surface area contributed by atoms with Gasteiger partial charge in [0.15, 0.2) is 0 Å². The third-order valence-electron chi connectivity index (χ3n) is 2.36. The van der Waals surface area contributed by atoms with Crippen molar-refractivity contribution < 1.29 is 4.74 Å². The molecule has 78 valence electrons. The molecule has 2 rings (SSSR count). The SMILES string of the molecule is N#Cc1cc(N)c(NCC2CCO2)cn1. The van der Waals surface area contributed by atoms with Crippen molar-refractivity contribution in [2.45, 2.75) is 12.5 Å². The molecule has 0 saturated carbocycles. The van der Waals surface area contributed by atoms with Crippen LogP contribution in [0.5, 0.6) is 0 Å². The molecule has 0 radical (unpaired) electrons. The molecule has 5 nitrogen and oxygen atoms in total. The number of hydrogen-bond acceptors (Lipinski definition) is 5. The standard InChI is InChI=1S/C10H12N4O/c11-4-7-3-9(12)10(6-13-7)14-5-8-1-2-15-8/h3,6,8,14H,1-2,5H2,(H2,12,13). The topological polar surface area (TPSA) is 84.0 Å². The van der Waals surface area contributed by atoms with Crippen LogP contribution in [0.2, 0.25) is 0 Å². The molecule has 0 amide bonds. The molecule has 1 saturated heterocycles. The lowest BCUT2D eigenvalue weighted by atomic mass is 10.2. The number of nitrogens with two attached hydrogens (primary N) is 1. The molecular formula is C10H12N4O. The van der Waals surface area contributed by atoms with E-state index >= 15 is 0 Å². The number of anilines is 2. The minimum atomic E-state index is 0.278. The highest BCUT2D eigenvalue weighted by Crippen LogP contribution is 2.19. The van der Waals surface area contributed by atoms with E-state index in [2.05, 4.69) is 10.3 Å². The summed E-state index contributed by atoms with van der Waals surface area (Å²) < 4.78 is 5.26. The van der Waals surface area contributed by atoms with Crippen LogP contribution < -0.4 is 11.1 Å². The number of nitrogens with zero attached hydrogens (tertiary/aromatic N) is 2. The first kappa shape index (κ1) is 9.74. The second-order valence-corrected chi connectivity index (χ2v) is 3.43. The Morgan fingerprint density at radius 3 is 3.07 bits per heavy atom. The molecule has 5 heteroatoms. The smallest absolute Gasteiger partial charge is 0.142 e. The second-order valence-electron chi connectivity index (χ2n) is 3.43. The molecule has 3 N–H and O–H groups in total. The Kier molecular flexibility index (Phi) is 2.70. The number of nitrogen functional groups attached to an aromatic ring is 1. The summed E-state index contributed by atoms with van der Waals surface area (Å²) in [5, 5.41) is 11.8. The summed E-state index contributed by atoms with van der Waals surface area (Å²) in [7, 11) is 0. The Morgan fingerprint density at radius 2 is 2.53 bits per heavy atom. The molecule has 1 aliphatic heterocycles. The van der Waals surface area contributed by atoms with Crippen LogP contribution in [-0.4, -0.2) is 24.2 Å². The molecule has 0 spiro atoms. The lowest BCUT2D eigenvalue weighted by Gasteiger charge is -2.27. The largest absolute Gasteiger partial charge is 0.397 e. The van der Waals surface area contributed by atoms with E-state index in [9.17, 15) is 0 Å². The third kappa shape index (κ3) is 2.17. The van der Waals surface area contributed by atoms with Crippen molar-refractivity contribution in [1.29, 1.82) is 5.26 Å². The number of nitrogens with one attached hydrogen (secondary N) is 1. The van der Waals surface area contributed by atoms with Crippen LogP contribution in [0, 0.1) is 11.3 Å². The summed E-state index contributed by atoms with van der Waals surface area (Å²) in [5.74, 6) is 0. The normalized spacial score (nSPS) is 19.0. The quantitative estimate of drug-likeness (QED) is 0.758. The summed E-state index contributed by atoms with van der Waals surface area (Å²) in [6, 6.07) is 3.50. The van der Waals surface area contributed by atoms with Gasteiger partial charge in [0.1, 0.15) is 11.8 Å². The maximum Gasteiger partial charge on any atom is 0.142 e. The first-order chi connectivity index (χ1) is 7.29. The van der Waals surface area contributed by atoms with Gasteiger partial charge in [0.25, 0.3) is 0 Å². The van der Waals surface area contributed by atoms with Crippen LogP contribution in [0.15, 0.2) is 12.3 Å². The highest BCUT2D eigenvalue weighted by atomic mass is 16.5. The van der Waals surface area contributed by atoms with Crippen molar-refractivity contribution in [3.63, 3.8) is 0 Å². The molecule has 0 aromatic carbocycles. The van der Waals surface area contributed by atoms with Crippen LogP contribution >= 0.6 is 0 Å². The van der Waals surface area contributed by atoms with Gasteiger partial charge in [-0.3, -0.25) is 0 Å². The number of pyridine rings is 1. The Balaban J connectivity index is 1.98. The van der Waals surface area contributed by atoms with Gasteiger partial charge in [-0.15, -0.1) is 0 Å². The van der Waals surface area contributed by atoms with Crippen molar-refractivity contribution in [3.05, 3.63) is 18.0 Å². The van der Waals surface area contributed by atoms with Gasteiger partial charge in [-0.25, -0.2) is 4.98 Å². The van der Waals surface area contributed by atoms with Crippen molar-refractivity contribution in [3.8, 4) is 6.07 Å². The third-order valence-corrected chi connectivity index (χ3v) is 2.36. The maximum atomic E-state index is 8.61. The van der Waals surface area contributed by atoms with Crippen molar-refractivity contribution in [2.75, 3.05) is 24.2 Å². The second kappa shape index (κ2) is 4.15. The van der Waals surface area contributed by atoms with Gasteiger partial charge >= 0.3 is 0 Å². The van der Waals surface area contributed by atoms with Gasteiger partial charge in [0, 0.05) is 13.2 Å². The summed E-state index contributed by atoms with van der Waals surface area (Å²) >= 11 is 0. The fourth-order valence-electron chi connectivity index (χ4n) is 1.35. The van der Waals surface area contributed by atoms with Crippen LogP contribution in [0.25, 0.3) is 0 Å². The monoisotopic (exact) mass is 204 g/mol. The highest BCUT2D eigenvalue weighted by molar-refractivity contribution is 5.66. The van der Waals surface area contributed by atoms with E-state index in [0.717, 1.165) is 25.3 Å². The van der Waals surface area contributed by atoms with E-state index in [1.807, 2.05) is 6.07 Å². The number of aromatic nitrogens is 1. The summed E-state index contributed by atoms with van der Waals surface area (Å²) in [6.45, 7) is 1.57. The minimum absolute atomic E-state index is 0.278. The van der Waals surface area contributed by atoms with Crippen LogP contribution in [0.1, 0.15) is 12.1 Å². The number of rotatable bonds is 3. The predicted molar refractivity (Wildman–Crippen MR) is 56.2 cm³/mol. The number of hydrogen-bond donors (Lipinski definition) is 2. The zero-order valence-electron chi connectivity index (χ0n) is 8.23. The molecule has 2 heterocycles. The first-order valence-corrected chi connectivity index (χ1v) is 4.80. The maximum absolute atomic E-state index is 8.61. The van der Waals surface area contributed by atoms with Crippen LogP contribution in [0.3, 0.4) is 0 Å². The molecule has 1 aromatic heterocycles. The van der Waals surface area contributed by atoms with Crippen molar-refractivity contribution in [2.24, 2.45) is 0 Å². The first-order valence-electron chi connectivity index (χ1n) is 4.80. The number of nitriles is 1. The molecule has 0 bridgehead atoms. The van der Waals surface area contributed by atoms with E-state index in [1.165, 1.54) is 0 Å². The van der Waals surface area contributed by atoms with Crippen LogP contribution in [0.4, 0.5) is 11.4 Å². The number of ether oxygens (including phenoxy) is 1. The zero-order valence-corrected chi connectivity index (χ0v) is 8.23. The molecule has 1 atom stereocenters. The molecule has 1 aromatic rings. The van der Waals surface area contributed by atoms with Gasteiger partial charge in [0.2, 0.25) is 0 Å². The Morgan fingerprint density at radius 1 is 1.73 bits per heavy atom. The van der Waals surface area contributed by atoms with E-state index < -0.39 is 0 Å². The Hall–Kier alpha value is -1.80. The van der Waals surface area contributed by atoms with Crippen LogP contribution in [-0.2, 0) is 4.74 Å². The van der Waals surface area contributed by atoms with Crippen molar-refractivity contribution in [1.82, 2.24) is 4.98 Å². The molecule has 1 aliphatic rings. The van der Waals surface area contributed by atoms with Gasteiger partial charge < -0.3 is 15.8 Å². The average molecular weight is 204 g/mol. The van der Waals surface area contributed by atoms with Gasteiger partial charge in [-0.05, 0) is 12.5 Å². The predicted octanol–water partition coefficient (Wildman–Crippen LogP) is 0.736. The fourth-order valence-corrected chi connectivity index (χ4v) is 1.35. The molecule has 15 heavy (non-hydrogen) atoms. The van der Waals surface area contributed by atoms with Crippen molar-refractivity contribution >= 4 is 11.4 Å². The lowest BCUT2D eigenvalue weighted by Crippen LogP contribution is -2.33. The van der Waals surface area contributed by atoms with Gasteiger partial charge in [-0.2, -0.15) is 5.26 Å². The van der Waals surface area contributed by atoms with E-state index in [-0.39, 0.29) is 6.10 Å². The lowest BCUT2D eigenvalue weighted by molar-refractivity contribution is -0.0410. The molecule has 1 unspecified atom stereocenters. The van der Waals surface area contributed by atoms with Gasteiger partial charge in [-0.1, -0.05) is 0 Å². The van der Waals surface area contributed by atoms with E-state index in [0.29, 0.717) is 11.4 Å². The minimum Gasteiger partial charge on any atom is -0.397 e. The molecule has 0 aliphatic carbocycles. The fraction of sp³-hybridized carbons (Fsp3) is 0.400. The Labute approximate surface area is 87.9 Å². The average Bonchev–Trinajstić information content (AvgIpc) is 2.18. The summed E-state index contributed by atoms with van der Waals surface area (Å²) in [6.07, 6.45) is 2.93. The zero-order chi connectivity index (χ0) is 10.7. The van der Waals surface area contributed by atoms with Gasteiger partial charge in [0.05, 0.1) is 23.7 Å². The molecule has 1 fully saturated rings. The van der Waals surface area contributed by atoms with E-state index in [4.69, 9.17) is 15.7 Å². The Bertz CT molecular complexity index is 395. The summed E-state index contributed by atoms with van der Waals surface area (Å²) in [4.78, 5) is 3.94. The summed E-state index contributed by atoms with van der Waals surface area (Å²) in [5.41, 5.74) is 7.38. The van der Waals surface area contributed by atoms with E-state index in [1.54, 1.807) is 12.3 Å². The molecular weight excluding hydrogens is 192 g/mol. The highest BCUT2D eigenvalue weighted by Gasteiger charge is 2.17.